The van der Waals surface area contributed by atoms with E-state index >= 15 is 0 Å². The maximum atomic E-state index is 12.3. The van der Waals surface area contributed by atoms with Crippen LogP contribution in [0.5, 0.6) is 0 Å². The van der Waals surface area contributed by atoms with E-state index in [9.17, 15) is 13.2 Å². The first kappa shape index (κ1) is 12.5. The zero-order chi connectivity index (χ0) is 13.7. The van der Waals surface area contributed by atoms with Gasteiger partial charge in [0.15, 0.2) is 0 Å². The van der Waals surface area contributed by atoms with Gasteiger partial charge in [0, 0.05) is 0 Å². The molecule has 0 aromatic carbocycles. The second-order valence-corrected chi connectivity index (χ2v) is 6.71. The monoisotopic (exact) mass is 282 g/mol. The van der Waals surface area contributed by atoms with E-state index in [4.69, 9.17) is 0 Å². The minimum atomic E-state index is -3.82. The van der Waals surface area contributed by atoms with Crippen molar-refractivity contribution in [3.63, 3.8) is 0 Å². The van der Waals surface area contributed by atoms with Gasteiger partial charge >= 0.3 is 0 Å². The summed E-state index contributed by atoms with van der Waals surface area (Å²) in [5.41, 5.74) is -0.491. The first-order valence-electron chi connectivity index (χ1n) is 6.02. The molecule has 0 atom stereocenters. The lowest BCUT2D eigenvalue weighted by atomic mass is 9.74. The highest BCUT2D eigenvalue weighted by atomic mass is 32.2. The normalized spacial score (nSPS) is 24.8. The smallest absolute Gasteiger partial charge is 0.267 e. The van der Waals surface area contributed by atoms with Gasteiger partial charge in [0.2, 0.25) is 5.91 Å². The van der Waals surface area contributed by atoms with Gasteiger partial charge in [0.1, 0.15) is 11.2 Å². The topological polar surface area (TPSA) is 92.3 Å². The summed E-state index contributed by atoms with van der Waals surface area (Å²) in [6.07, 6.45) is 3.69. The van der Waals surface area contributed by atoms with Crippen LogP contribution >= 0.6 is 0 Å². The van der Waals surface area contributed by atoms with Crippen molar-refractivity contribution in [1.29, 1.82) is 0 Å². The van der Waals surface area contributed by atoms with Crippen LogP contribution in [0.2, 0.25) is 0 Å². The van der Waals surface area contributed by atoms with Gasteiger partial charge in [-0.1, -0.05) is 0 Å². The summed E-state index contributed by atoms with van der Waals surface area (Å²) in [6.45, 7) is 1.47. The number of rotatable bonds is 0. The lowest BCUT2D eigenvalue weighted by molar-refractivity contribution is -0.127. The van der Waals surface area contributed by atoms with Crippen LogP contribution in [0, 0.1) is 0 Å². The predicted molar refractivity (Wildman–Crippen MR) is 65.8 cm³/mol. The molecule has 3 heterocycles. The van der Waals surface area contributed by atoms with Crippen LogP contribution in [0.15, 0.2) is 17.4 Å². The van der Waals surface area contributed by atoms with Crippen LogP contribution in [-0.4, -0.2) is 49.3 Å². The van der Waals surface area contributed by atoms with Crippen LogP contribution in [0.1, 0.15) is 18.5 Å². The van der Waals surface area contributed by atoms with Crippen LogP contribution in [0.3, 0.4) is 0 Å². The average molecular weight is 282 g/mol. The molecule has 1 fully saturated rings. The molecule has 0 radical (unpaired) electrons. The summed E-state index contributed by atoms with van der Waals surface area (Å²) < 4.78 is 26.0. The standard InChI is InChI=1S/C11H14N4O3S/c1-15-4-2-11(3-5-15)9-8(6-12-7-13-9)19(17,18)14-10(11)16/h6-7H,2-5H2,1H3,(H,14,16). The number of likely N-dealkylation sites (tertiary alicyclic amines) is 1. The Morgan fingerprint density at radius 2 is 2.05 bits per heavy atom. The fourth-order valence-corrected chi connectivity index (χ4v) is 3.97. The number of hydrogen-bond acceptors (Lipinski definition) is 6. The van der Waals surface area contributed by atoms with Crippen molar-refractivity contribution in [2.75, 3.05) is 20.1 Å². The number of nitrogens with zero attached hydrogens (tertiary/aromatic N) is 3. The van der Waals surface area contributed by atoms with Crippen LogP contribution in [0.4, 0.5) is 0 Å². The van der Waals surface area contributed by atoms with Crippen molar-refractivity contribution in [2.45, 2.75) is 23.2 Å². The van der Waals surface area contributed by atoms with Gasteiger partial charge in [-0.3, -0.25) is 4.79 Å². The number of nitrogens with one attached hydrogen (secondary N) is 1. The Labute approximate surface area is 111 Å². The molecular weight excluding hydrogens is 268 g/mol. The minimum absolute atomic E-state index is 0.0270. The summed E-state index contributed by atoms with van der Waals surface area (Å²) in [4.78, 5) is 22.3. The molecule has 1 aromatic rings. The molecule has 0 aliphatic carbocycles. The molecule has 2 aliphatic heterocycles. The van der Waals surface area contributed by atoms with Crippen molar-refractivity contribution in [3.05, 3.63) is 18.2 Å². The quantitative estimate of drug-likeness (QED) is 0.673. The van der Waals surface area contributed by atoms with Gasteiger partial charge in [-0.2, -0.15) is 0 Å². The van der Waals surface area contributed by atoms with Crippen LogP contribution < -0.4 is 4.72 Å². The maximum absolute atomic E-state index is 12.3. The van der Waals surface area contributed by atoms with E-state index in [1.54, 1.807) is 0 Å². The fourth-order valence-electron chi connectivity index (χ4n) is 2.72. The summed E-state index contributed by atoms with van der Waals surface area (Å²) in [6, 6.07) is 0. The summed E-state index contributed by atoms with van der Waals surface area (Å²) in [5.74, 6) is -0.466. The second-order valence-electron chi connectivity index (χ2n) is 5.06. The molecule has 1 spiro atoms. The summed E-state index contributed by atoms with van der Waals surface area (Å²) in [7, 11) is -1.84. The Kier molecular flexibility index (Phi) is 2.61. The highest BCUT2D eigenvalue weighted by Gasteiger charge is 2.51. The SMILES string of the molecule is CN1CCC2(CC1)C(=O)NS(=O)(=O)c1cncnc12. The maximum Gasteiger partial charge on any atom is 0.267 e. The zero-order valence-corrected chi connectivity index (χ0v) is 11.3. The Bertz CT molecular complexity index is 635. The van der Waals surface area contributed by atoms with Crippen LogP contribution in [0.25, 0.3) is 0 Å². The number of sulfonamides is 1. The van der Waals surface area contributed by atoms with Crippen molar-refractivity contribution in [2.24, 2.45) is 0 Å². The van der Waals surface area contributed by atoms with Crippen molar-refractivity contribution in [3.8, 4) is 0 Å². The lowest BCUT2D eigenvalue weighted by Gasteiger charge is -2.41. The Morgan fingerprint density at radius 1 is 1.37 bits per heavy atom. The first-order chi connectivity index (χ1) is 8.96. The Morgan fingerprint density at radius 3 is 2.74 bits per heavy atom. The molecule has 0 bridgehead atoms. The van der Waals surface area contributed by atoms with E-state index in [0.717, 1.165) is 13.1 Å². The number of fused-ring (bicyclic) bond motifs is 2. The highest BCUT2D eigenvalue weighted by Crippen LogP contribution is 2.40. The predicted octanol–water partition coefficient (Wildman–Crippen LogP) is -0.741. The highest BCUT2D eigenvalue weighted by molar-refractivity contribution is 7.90. The third-order valence-corrected chi connectivity index (χ3v) is 5.26. The lowest BCUT2D eigenvalue weighted by Crippen LogP contribution is -2.56. The van der Waals surface area contributed by atoms with E-state index in [-0.39, 0.29) is 4.90 Å². The van der Waals surface area contributed by atoms with Gasteiger partial charge in [0.05, 0.1) is 17.3 Å². The average Bonchev–Trinajstić information content (AvgIpc) is 2.38. The molecule has 0 unspecified atom stereocenters. The molecule has 8 heteroatoms. The summed E-state index contributed by atoms with van der Waals surface area (Å²) in [5, 5.41) is 0. The minimum Gasteiger partial charge on any atom is -0.306 e. The molecule has 2 aliphatic rings. The second kappa shape index (κ2) is 3.97. The summed E-state index contributed by atoms with van der Waals surface area (Å²) >= 11 is 0. The van der Waals surface area contributed by atoms with Crippen molar-refractivity contribution < 1.29 is 13.2 Å². The molecule has 19 heavy (non-hydrogen) atoms. The van der Waals surface area contributed by atoms with Gasteiger partial charge in [0.25, 0.3) is 10.0 Å². The van der Waals surface area contributed by atoms with E-state index in [2.05, 4.69) is 19.6 Å². The van der Waals surface area contributed by atoms with E-state index < -0.39 is 21.3 Å². The number of amides is 1. The van der Waals surface area contributed by atoms with E-state index in [0.29, 0.717) is 18.5 Å². The molecule has 102 valence electrons. The van der Waals surface area contributed by atoms with Gasteiger partial charge in [-0.15, -0.1) is 0 Å². The first-order valence-corrected chi connectivity index (χ1v) is 7.50. The largest absolute Gasteiger partial charge is 0.306 e. The van der Waals surface area contributed by atoms with Gasteiger partial charge in [-0.25, -0.2) is 23.1 Å². The van der Waals surface area contributed by atoms with Gasteiger partial charge < -0.3 is 4.90 Å². The van der Waals surface area contributed by atoms with E-state index in [1.807, 2.05) is 7.05 Å². The third kappa shape index (κ3) is 1.74. The molecule has 7 nitrogen and oxygen atoms in total. The molecule has 1 aromatic heterocycles. The van der Waals surface area contributed by atoms with E-state index in [1.165, 1.54) is 12.5 Å². The van der Waals surface area contributed by atoms with Crippen molar-refractivity contribution in [1.82, 2.24) is 19.6 Å². The third-order valence-electron chi connectivity index (χ3n) is 3.92. The molecule has 1 saturated heterocycles. The number of piperidine rings is 1. The molecule has 3 rings (SSSR count). The fraction of sp³-hybridized carbons (Fsp3) is 0.545. The molecule has 1 N–H and O–H groups in total. The Balaban J connectivity index is 2.19. The molecule has 1 amide bonds. The van der Waals surface area contributed by atoms with Gasteiger partial charge in [-0.05, 0) is 33.0 Å². The zero-order valence-electron chi connectivity index (χ0n) is 10.5. The molecule has 0 saturated carbocycles. The number of carbonyl (C=O) groups excluding carboxylic acids is 1. The molecular formula is C11H14N4O3S. The number of carbonyl (C=O) groups is 1. The number of aromatic nitrogens is 2. The number of hydrogen-bond donors (Lipinski definition) is 1. The van der Waals surface area contributed by atoms with Crippen molar-refractivity contribution >= 4 is 15.9 Å². The van der Waals surface area contributed by atoms with Crippen LogP contribution in [-0.2, 0) is 20.2 Å². The Hall–Kier alpha value is -1.54.